The number of halogens is 1. The maximum atomic E-state index is 13.2. The van der Waals surface area contributed by atoms with Gasteiger partial charge in [-0.2, -0.15) is 5.10 Å². The lowest BCUT2D eigenvalue weighted by atomic mass is 10.1. The highest BCUT2D eigenvalue weighted by Gasteiger charge is 2.09. The summed E-state index contributed by atoms with van der Waals surface area (Å²) in [6.45, 7) is 4.42. The van der Waals surface area contributed by atoms with Crippen LogP contribution in [0.3, 0.4) is 0 Å². The molecule has 3 rings (SSSR count). The third-order valence-corrected chi connectivity index (χ3v) is 3.89. The first-order chi connectivity index (χ1) is 11.5. The van der Waals surface area contributed by atoms with Gasteiger partial charge in [0.1, 0.15) is 5.82 Å². The fourth-order valence-corrected chi connectivity index (χ4v) is 2.42. The third-order valence-electron chi connectivity index (χ3n) is 3.89. The van der Waals surface area contributed by atoms with Gasteiger partial charge < -0.3 is 5.32 Å². The number of anilines is 1. The van der Waals surface area contributed by atoms with Crippen molar-refractivity contribution in [3.8, 4) is 0 Å². The maximum Gasteiger partial charge on any atom is 0.255 e. The molecule has 122 valence electrons. The molecule has 24 heavy (non-hydrogen) atoms. The lowest BCUT2D eigenvalue weighted by Gasteiger charge is -2.05. The van der Waals surface area contributed by atoms with E-state index < -0.39 is 0 Å². The predicted molar refractivity (Wildman–Crippen MR) is 91.6 cm³/mol. The van der Waals surface area contributed by atoms with Gasteiger partial charge in [0.15, 0.2) is 0 Å². The van der Waals surface area contributed by atoms with Crippen LogP contribution in [-0.4, -0.2) is 15.7 Å². The Morgan fingerprint density at radius 1 is 1.17 bits per heavy atom. The quantitative estimate of drug-likeness (QED) is 0.790. The first-order valence-electron chi connectivity index (χ1n) is 7.67. The number of rotatable bonds is 4. The van der Waals surface area contributed by atoms with Crippen LogP contribution in [0.15, 0.2) is 54.9 Å². The Balaban J connectivity index is 1.69. The molecule has 1 N–H and O–H groups in total. The van der Waals surface area contributed by atoms with Crippen molar-refractivity contribution in [2.45, 2.75) is 20.4 Å². The van der Waals surface area contributed by atoms with Crippen molar-refractivity contribution in [1.82, 2.24) is 9.78 Å². The largest absolute Gasteiger partial charge is 0.319 e. The predicted octanol–water partition coefficient (Wildman–Crippen LogP) is 3.94. The van der Waals surface area contributed by atoms with Crippen molar-refractivity contribution in [2.75, 3.05) is 5.32 Å². The van der Waals surface area contributed by atoms with Crippen molar-refractivity contribution in [1.29, 1.82) is 0 Å². The van der Waals surface area contributed by atoms with Crippen LogP contribution < -0.4 is 5.32 Å². The molecule has 0 aliphatic heterocycles. The molecule has 0 spiro atoms. The lowest BCUT2D eigenvalue weighted by molar-refractivity contribution is 0.102. The number of carbonyl (C=O) groups excluding carboxylic acids is 1. The molecule has 0 aliphatic rings. The normalized spacial score (nSPS) is 10.6. The van der Waals surface area contributed by atoms with Crippen LogP contribution in [0.1, 0.15) is 27.0 Å². The molecular formula is C19H18FN3O. The van der Waals surface area contributed by atoms with Gasteiger partial charge in [-0.05, 0) is 54.8 Å². The number of hydrogen-bond acceptors (Lipinski definition) is 2. The van der Waals surface area contributed by atoms with Gasteiger partial charge in [-0.25, -0.2) is 4.39 Å². The highest BCUT2D eigenvalue weighted by Crippen LogP contribution is 2.13. The Bertz CT molecular complexity index is 886. The fourth-order valence-electron chi connectivity index (χ4n) is 2.42. The average Bonchev–Trinajstić information content (AvgIpc) is 2.97. The van der Waals surface area contributed by atoms with Crippen LogP contribution in [0.4, 0.5) is 10.1 Å². The van der Waals surface area contributed by atoms with Gasteiger partial charge in [0.2, 0.25) is 0 Å². The molecule has 4 nitrogen and oxygen atoms in total. The average molecular weight is 323 g/mol. The van der Waals surface area contributed by atoms with E-state index in [0.29, 0.717) is 17.8 Å². The van der Waals surface area contributed by atoms with E-state index >= 15 is 0 Å². The van der Waals surface area contributed by atoms with E-state index in [1.807, 2.05) is 32.0 Å². The topological polar surface area (TPSA) is 46.9 Å². The number of amides is 1. The summed E-state index contributed by atoms with van der Waals surface area (Å²) in [5, 5.41) is 7.03. The Kier molecular flexibility index (Phi) is 4.42. The number of aryl methyl sites for hydroxylation is 2. The second kappa shape index (κ2) is 6.66. The summed E-state index contributed by atoms with van der Waals surface area (Å²) in [4.78, 5) is 12.3. The van der Waals surface area contributed by atoms with Crippen molar-refractivity contribution in [3.05, 3.63) is 82.9 Å². The van der Waals surface area contributed by atoms with Gasteiger partial charge in [0.05, 0.1) is 18.4 Å². The molecule has 0 fully saturated rings. The Morgan fingerprint density at radius 2 is 2.00 bits per heavy atom. The first-order valence-corrected chi connectivity index (χ1v) is 7.67. The lowest BCUT2D eigenvalue weighted by Crippen LogP contribution is -2.11. The minimum absolute atomic E-state index is 0.177. The molecule has 1 aromatic heterocycles. The summed E-state index contributed by atoms with van der Waals surface area (Å²) in [7, 11) is 0. The molecule has 3 aromatic rings. The molecule has 0 aliphatic carbocycles. The van der Waals surface area contributed by atoms with E-state index in [4.69, 9.17) is 0 Å². The smallest absolute Gasteiger partial charge is 0.255 e. The van der Waals surface area contributed by atoms with Crippen LogP contribution in [0.25, 0.3) is 0 Å². The summed E-state index contributed by atoms with van der Waals surface area (Å²) in [5.74, 6) is -0.452. The summed E-state index contributed by atoms with van der Waals surface area (Å²) in [5.41, 5.74) is 4.25. The van der Waals surface area contributed by atoms with Gasteiger partial charge in [0, 0.05) is 11.8 Å². The van der Waals surface area contributed by atoms with Gasteiger partial charge >= 0.3 is 0 Å². The standard InChI is InChI=1S/C19H18FN3O/c1-13-6-7-16(8-14(13)2)19(24)22-18-10-21-23(12-18)11-15-4-3-5-17(20)9-15/h3-10,12H,11H2,1-2H3,(H,22,24). The van der Waals surface area contributed by atoms with Crippen molar-refractivity contribution in [3.63, 3.8) is 0 Å². The van der Waals surface area contributed by atoms with Crippen LogP contribution in [0, 0.1) is 19.7 Å². The second-order valence-corrected chi connectivity index (χ2v) is 5.81. The van der Waals surface area contributed by atoms with Crippen molar-refractivity contribution >= 4 is 11.6 Å². The van der Waals surface area contributed by atoms with E-state index in [1.54, 1.807) is 29.2 Å². The number of benzene rings is 2. The fraction of sp³-hybridized carbons (Fsp3) is 0.158. The highest BCUT2D eigenvalue weighted by atomic mass is 19.1. The zero-order valence-corrected chi connectivity index (χ0v) is 13.6. The molecule has 1 amide bonds. The molecule has 0 unspecified atom stereocenters. The highest BCUT2D eigenvalue weighted by molar-refractivity contribution is 6.04. The number of nitrogens with zero attached hydrogens (tertiary/aromatic N) is 2. The van der Waals surface area contributed by atoms with E-state index in [2.05, 4.69) is 10.4 Å². The van der Waals surface area contributed by atoms with Gasteiger partial charge in [-0.3, -0.25) is 9.48 Å². The van der Waals surface area contributed by atoms with Crippen molar-refractivity contribution < 1.29 is 9.18 Å². The summed E-state index contributed by atoms with van der Waals surface area (Å²) < 4.78 is 14.9. The van der Waals surface area contributed by atoms with E-state index in [1.165, 1.54) is 12.1 Å². The van der Waals surface area contributed by atoms with Crippen LogP contribution in [0.2, 0.25) is 0 Å². The SMILES string of the molecule is Cc1ccc(C(=O)Nc2cnn(Cc3cccc(F)c3)c2)cc1C. The Labute approximate surface area is 139 Å². The minimum Gasteiger partial charge on any atom is -0.319 e. The van der Waals surface area contributed by atoms with E-state index in [-0.39, 0.29) is 11.7 Å². The van der Waals surface area contributed by atoms with E-state index in [9.17, 15) is 9.18 Å². The number of carbonyl (C=O) groups is 1. The summed E-state index contributed by atoms with van der Waals surface area (Å²) >= 11 is 0. The maximum absolute atomic E-state index is 13.2. The van der Waals surface area contributed by atoms with Crippen LogP contribution >= 0.6 is 0 Å². The van der Waals surface area contributed by atoms with Crippen LogP contribution in [-0.2, 0) is 6.54 Å². The minimum atomic E-state index is -0.275. The number of hydrogen-bond donors (Lipinski definition) is 1. The molecule has 1 heterocycles. The van der Waals surface area contributed by atoms with Crippen LogP contribution in [0.5, 0.6) is 0 Å². The number of nitrogens with one attached hydrogen (secondary N) is 1. The monoisotopic (exact) mass is 323 g/mol. The molecule has 0 saturated heterocycles. The molecule has 0 saturated carbocycles. The second-order valence-electron chi connectivity index (χ2n) is 5.81. The molecule has 5 heteroatoms. The van der Waals surface area contributed by atoms with Gasteiger partial charge in [-0.1, -0.05) is 18.2 Å². The van der Waals surface area contributed by atoms with Gasteiger partial charge in [-0.15, -0.1) is 0 Å². The Morgan fingerprint density at radius 3 is 2.75 bits per heavy atom. The zero-order valence-electron chi connectivity index (χ0n) is 13.6. The number of aromatic nitrogens is 2. The molecule has 0 bridgehead atoms. The summed E-state index contributed by atoms with van der Waals surface area (Å²) in [6, 6.07) is 12.0. The molecular weight excluding hydrogens is 305 g/mol. The molecule has 2 aromatic carbocycles. The molecule has 0 atom stereocenters. The third kappa shape index (κ3) is 3.68. The van der Waals surface area contributed by atoms with Gasteiger partial charge in [0.25, 0.3) is 5.91 Å². The van der Waals surface area contributed by atoms with Crippen molar-refractivity contribution in [2.24, 2.45) is 0 Å². The Hall–Kier alpha value is -2.95. The molecule has 0 radical (unpaired) electrons. The van der Waals surface area contributed by atoms with E-state index in [0.717, 1.165) is 16.7 Å². The first kappa shape index (κ1) is 15.9. The zero-order chi connectivity index (χ0) is 17.1. The summed E-state index contributed by atoms with van der Waals surface area (Å²) in [6.07, 6.45) is 3.31.